The van der Waals surface area contributed by atoms with Gasteiger partial charge in [-0.3, -0.25) is 0 Å². The Morgan fingerprint density at radius 1 is 1.26 bits per heavy atom. The van der Waals surface area contributed by atoms with Crippen LogP contribution in [0.5, 0.6) is 0 Å². The summed E-state index contributed by atoms with van der Waals surface area (Å²) in [6.07, 6.45) is 8.99. The second kappa shape index (κ2) is 7.25. The summed E-state index contributed by atoms with van der Waals surface area (Å²) in [5.74, 6) is -0.179. The summed E-state index contributed by atoms with van der Waals surface area (Å²) in [4.78, 5) is 11.9. The van der Waals surface area contributed by atoms with Gasteiger partial charge in [-0.2, -0.15) is 0 Å². The molecule has 0 spiro atoms. The highest BCUT2D eigenvalue weighted by Gasteiger charge is 2.53. The summed E-state index contributed by atoms with van der Waals surface area (Å²) in [6, 6.07) is 0. The molecule has 110 valence electrons. The number of epoxide rings is 1. The van der Waals surface area contributed by atoms with Crippen LogP contribution in [-0.2, 0) is 19.0 Å². The molecule has 1 saturated heterocycles. The Kier molecular flexibility index (Phi) is 5.64. The van der Waals surface area contributed by atoms with Crippen molar-refractivity contribution >= 4 is 5.97 Å². The van der Waals surface area contributed by atoms with Gasteiger partial charge in [-0.05, 0) is 32.1 Å². The molecule has 2 aliphatic rings. The van der Waals surface area contributed by atoms with E-state index < -0.39 is 5.60 Å². The van der Waals surface area contributed by atoms with Crippen molar-refractivity contribution in [3.63, 3.8) is 0 Å². The number of carbonyl (C=O) groups excluding carboxylic acids is 1. The van der Waals surface area contributed by atoms with Crippen LogP contribution in [0.3, 0.4) is 0 Å². The van der Waals surface area contributed by atoms with E-state index in [1.165, 1.54) is 25.7 Å². The monoisotopic (exact) mass is 270 g/mol. The number of ether oxygens (including phenoxy) is 3. The minimum absolute atomic E-state index is 0.179. The Morgan fingerprint density at radius 3 is 2.63 bits per heavy atom. The average Bonchev–Trinajstić information content (AvgIpc) is 3.03. The van der Waals surface area contributed by atoms with Crippen LogP contribution in [0.15, 0.2) is 0 Å². The van der Waals surface area contributed by atoms with Gasteiger partial charge >= 0.3 is 5.97 Å². The molecule has 4 heteroatoms. The molecule has 1 saturated carbocycles. The molecular formula is C15H26O4. The van der Waals surface area contributed by atoms with Crippen molar-refractivity contribution in [1.82, 2.24) is 0 Å². The first-order valence-electron chi connectivity index (χ1n) is 7.69. The molecule has 0 aromatic carbocycles. The Morgan fingerprint density at radius 2 is 2.00 bits per heavy atom. The zero-order valence-electron chi connectivity index (χ0n) is 12.0. The van der Waals surface area contributed by atoms with E-state index in [0.717, 1.165) is 32.3 Å². The third-order valence-electron chi connectivity index (χ3n) is 3.98. The van der Waals surface area contributed by atoms with Gasteiger partial charge in [0, 0.05) is 6.61 Å². The number of esters is 1. The van der Waals surface area contributed by atoms with E-state index in [1.807, 2.05) is 0 Å². The lowest BCUT2D eigenvalue weighted by Crippen LogP contribution is -2.28. The van der Waals surface area contributed by atoms with Gasteiger partial charge < -0.3 is 14.2 Å². The number of unbranched alkanes of at least 4 members (excludes halogenated alkanes) is 1. The number of carbonyl (C=O) groups is 1. The maximum absolute atomic E-state index is 11.9. The lowest BCUT2D eigenvalue weighted by molar-refractivity contribution is -0.150. The Bertz CT molecular complexity index is 280. The van der Waals surface area contributed by atoms with E-state index in [9.17, 15) is 4.79 Å². The van der Waals surface area contributed by atoms with Crippen LogP contribution in [0.2, 0.25) is 0 Å². The SMILES string of the molecule is CCCCOC(=O)C1(CCCOC2CCCC2)CO1. The lowest BCUT2D eigenvalue weighted by Gasteiger charge is -2.13. The van der Waals surface area contributed by atoms with Crippen LogP contribution >= 0.6 is 0 Å². The zero-order valence-corrected chi connectivity index (χ0v) is 12.0. The molecule has 0 aromatic rings. The molecule has 19 heavy (non-hydrogen) atoms. The highest BCUT2D eigenvalue weighted by molar-refractivity contribution is 5.82. The molecular weight excluding hydrogens is 244 g/mol. The van der Waals surface area contributed by atoms with Crippen molar-refractivity contribution in [1.29, 1.82) is 0 Å². The largest absolute Gasteiger partial charge is 0.463 e. The minimum atomic E-state index is -0.632. The van der Waals surface area contributed by atoms with Gasteiger partial charge in [0.05, 0.1) is 19.3 Å². The number of rotatable bonds is 9. The third kappa shape index (κ3) is 4.46. The van der Waals surface area contributed by atoms with E-state index in [1.54, 1.807) is 0 Å². The van der Waals surface area contributed by atoms with Gasteiger partial charge in [0.2, 0.25) is 0 Å². The second-order valence-electron chi connectivity index (χ2n) is 5.65. The van der Waals surface area contributed by atoms with Crippen LogP contribution < -0.4 is 0 Å². The van der Waals surface area contributed by atoms with Crippen LogP contribution in [0, 0.1) is 0 Å². The average molecular weight is 270 g/mol. The second-order valence-corrected chi connectivity index (χ2v) is 5.65. The molecule has 0 aromatic heterocycles. The van der Waals surface area contributed by atoms with E-state index in [2.05, 4.69) is 6.92 Å². The Labute approximate surface area is 115 Å². The predicted octanol–water partition coefficient (Wildman–Crippen LogP) is 2.84. The summed E-state index contributed by atoms with van der Waals surface area (Å²) in [6.45, 7) is 3.84. The molecule has 1 atom stereocenters. The fourth-order valence-electron chi connectivity index (χ4n) is 2.55. The van der Waals surface area contributed by atoms with Crippen molar-refractivity contribution < 1.29 is 19.0 Å². The van der Waals surface area contributed by atoms with Gasteiger partial charge in [-0.25, -0.2) is 4.79 Å². The summed E-state index contributed by atoms with van der Waals surface area (Å²) < 4.78 is 16.4. The van der Waals surface area contributed by atoms with Crippen LogP contribution in [0.1, 0.15) is 58.3 Å². The fraction of sp³-hybridized carbons (Fsp3) is 0.933. The summed E-state index contributed by atoms with van der Waals surface area (Å²) in [5, 5.41) is 0. The maximum atomic E-state index is 11.9. The highest BCUT2D eigenvalue weighted by atomic mass is 16.6. The molecule has 4 nitrogen and oxygen atoms in total. The lowest BCUT2D eigenvalue weighted by atomic mass is 10.1. The molecule has 1 aliphatic carbocycles. The van der Waals surface area contributed by atoms with Gasteiger partial charge in [-0.15, -0.1) is 0 Å². The smallest absolute Gasteiger partial charge is 0.340 e. The summed E-state index contributed by atoms with van der Waals surface area (Å²) >= 11 is 0. The molecule has 1 aliphatic heterocycles. The molecule has 0 bridgehead atoms. The topological polar surface area (TPSA) is 48.1 Å². The summed E-state index contributed by atoms with van der Waals surface area (Å²) in [5.41, 5.74) is -0.632. The highest BCUT2D eigenvalue weighted by Crippen LogP contribution is 2.34. The normalized spacial score (nSPS) is 26.6. The molecule has 2 fully saturated rings. The van der Waals surface area contributed by atoms with Crippen LogP contribution in [-0.4, -0.2) is 37.5 Å². The van der Waals surface area contributed by atoms with Crippen molar-refractivity contribution in [2.24, 2.45) is 0 Å². The van der Waals surface area contributed by atoms with Crippen LogP contribution in [0.25, 0.3) is 0 Å². The minimum Gasteiger partial charge on any atom is -0.463 e. The third-order valence-corrected chi connectivity index (χ3v) is 3.98. The molecule has 0 N–H and O–H groups in total. The predicted molar refractivity (Wildman–Crippen MR) is 72.0 cm³/mol. The maximum Gasteiger partial charge on any atom is 0.340 e. The van der Waals surface area contributed by atoms with Crippen molar-refractivity contribution in [3.05, 3.63) is 0 Å². The Balaban J connectivity index is 1.57. The zero-order chi connectivity index (χ0) is 13.6. The molecule has 2 rings (SSSR count). The van der Waals surface area contributed by atoms with E-state index in [4.69, 9.17) is 14.2 Å². The first-order chi connectivity index (χ1) is 9.27. The number of hydrogen-bond donors (Lipinski definition) is 0. The van der Waals surface area contributed by atoms with Gasteiger partial charge in [0.15, 0.2) is 5.60 Å². The number of hydrogen-bond acceptors (Lipinski definition) is 4. The first-order valence-corrected chi connectivity index (χ1v) is 7.69. The molecule has 0 amide bonds. The van der Waals surface area contributed by atoms with Crippen molar-refractivity contribution in [2.75, 3.05) is 19.8 Å². The fourth-order valence-corrected chi connectivity index (χ4v) is 2.55. The van der Waals surface area contributed by atoms with E-state index in [0.29, 0.717) is 19.3 Å². The van der Waals surface area contributed by atoms with Gasteiger partial charge in [0.25, 0.3) is 0 Å². The van der Waals surface area contributed by atoms with Gasteiger partial charge in [-0.1, -0.05) is 26.2 Å². The van der Waals surface area contributed by atoms with E-state index in [-0.39, 0.29) is 5.97 Å². The first kappa shape index (κ1) is 14.8. The standard InChI is InChI=1S/C15H26O4/c1-2-3-10-18-14(16)15(12-19-15)9-6-11-17-13-7-4-5-8-13/h13H,2-12H2,1H3. The van der Waals surface area contributed by atoms with E-state index >= 15 is 0 Å². The quantitative estimate of drug-likeness (QED) is 0.367. The van der Waals surface area contributed by atoms with Gasteiger partial charge in [0.1, 0.15) is 0 Å². The van der Waals surface area contributed by atoms with Crippen molar-refractivity contribution in [3.8, 4) is 0 Å². The van der Waals surface area contributed by atoms with Crippen molar-refractivity contribution in [2.45, 2.75) is 70.0 Å². The van der Waals surface area contributed by atoms with Crippen LogP contribution in [0.4, 0.5) is 0 Å². The Hall–Kier alpha value is -0.610. The summed E-state index contributed by atoms with van der Waals surface area (Å²) in [7, 11) is 0. The molecule has 1 heterocycles. The molecule has 0 radical (unpaired) electrons. The molecule has 1 unspecified atom stereocenters.